The maximum absolute atomic E-state index is 3.22. The molecule has 0 spiro atoms. The summed E-state index contributed by atoms with van der Waals surface area (Å²) in [4.78, 5) is 3.22. The molecule has 0 fully saturated rings. The lowest BCUT2D eigenvalue weighted by atomic mass is 10.1. The molecule has 0 amide bonds. The van der Waals surface area contributed by atoms with Gasteiger partial charge in [-0.3, -0.25) is 0 Å². The van der Waals surface area contributed by atoms with E-state index in [1.54, 1.807) is 0 Å². The van der Waals surface area contributed by atoms with Gasteiger partial charge in [0, 0.05) is 29.2 Å². The number of fused-ring (bicyclic) bond motifs is 3. The Kier molecular flexibility index (Phi) is 1.39. The van der Waals surface area contributed by atoms with Crippen molar-refractivity contribution in [3.8, 4) is 0 Å². The number of aryl methyl sites for hydroxylation is 1. The van der Waals surface area contributed by atoms with Crippen molar-refractivity contribution in [3.05, 3.63) is 42.7 Å². The fourth-order valence-electron chi connectivity index (χ4n) is 1.98. The van der Waals surface area contributed by atoms with Gasteiger partial charge >= 0.3 is 0 Å². The molecule has 0 aliphatic carbocycles. The predicted molar refractivity (Wildman–Crippen MR) is 57.0 cm³/mol. The maximum Gasteiger partial charge on any atom is 0.213 e. The highest BCUT2D eigenvalue weighted by molar-refractivity contribution is 6.03. The van der Waals surface area contributed by atoms with E-state index in [2.05, 4.69) is 53.1 Å². The number of H-pyrrole nitrogens is 1. The largest absolute Gasteiger partial charge is 0.361 e. The third kappa shape index (κ3) is 0.880. The molecule has 0 atom stereocenters. The lowest BCUT2D eigenvalue weighted by Crippen LogP contribution is -2.27. The van der Waals surface area contributed by atoms with E-state index in [-0.39, 0.29) is 0 Å². The summed E-state index contributed by atoms with van der Waals surface area (Å²) < 4.78 is 2.14. The van der Waals surface area contributed by atoms with Crippen LogP contribution in [0, 0.1) is 0 Å². The summed E-state index contributed by atoms with van der Waals surface area (Å²) in [6.07, 6.45) is 4.05. The molecule has 0 aliphatic heterocycles. The van der Waals surface area contributed by atoms with Crippen LogP contribution in [-0.2, 0) is 7.05 Å². The Bertz CT molecular complexity index is 608. The molecular formula is C12H11N2+. The molecule has 14 heavy (non-hydrogen) atoms. The normalized spacial score (nSPS) is 11.2. The zero-order chi connectivity index (χ0) is 9.54. The zero-order valence-electron chi connectivity index (χ0n) is 7.99. The van der Waals surface area contributed by atoms with Crippen molar-refractivity contribution in [2.75, 3.05) is 0 Å². The van der Waals surface area contributed by atoms with E-state index in [0.29, 0.717) is 0 Å². The van der Waals surface area contributed by atoms with E-state index in [1.165, 1.54) is 21.8 Å². The van der Waals surface area contributed by atoms with Gasteiger partial charge < -0.3 is 4.98 Å². The van der Waals surface area contributed by atoms with Crippen LogP contribution in [0.3, 0.4) is 0 Å². The Balaban J connectivity index is 2.64. The molecule has 0 aliphatic rings. The van der Waals surface area contributed by atoms with Gasteiger partial charge in [0.05, 0.1) is 5.39 Å². The van der Waals surface area contributed by atoms with Crippen molar-refractivity contribution < 1.29 is 4.57 Å². The highest BCUT2D eigenvalue weighted by Crippen LogP contribution is 2.21. The first-order valence-electron chi connectivity index (χ1n) is 4.71. The first kappa shape index (κ1) is 7.56. The Morgan fingerprint density at radius 3 is 2.93 bits per heavy atom. The molecule has 2 heterocycles. The molecule has 0 bridgehead atoms. The van der Waals surface area contributed by atoms with Crippen LogP contribution in [0.5, 0.6) is 0 Å². The third-order valence-electron chi connectivity index (χ3n) is 2.71. The van der Waals surface area contributed by atoms with Gasteiger partial charge in [0.1, 0.15) is 7.05 Å². The fourth-order valence-corrected chi connectivity index (χ4v) is 1.98. The highest BCUT2D eigenvalue weighted by Gasteiger charge is 2.07. The van der Waals surface area contributed by atoms with Crippen molar-refractivity contribution in [2.45, 2.75) is 0 Å². The standard InChI is InChI=1S/C12H10N2/c1-14-8-2-3-10-9-6-7-13-11(9)4-5-12(10)14/h2-8H,1H3/p+1. The quantitative estimate of drug-likeness (QED) is 0.515. The number of aromatic nitrogens is 2. The summed E-state index contributed by atoms with van der Waals surface area (Å²) >= 11 is 0. The molecule has 1 N–H and O–H groups in total. The van der Waals surface area contributed by atoms with Crippen molar-refractivity contribution in [2.24, 2.45) is 7.05 Å². The summed E-state index contributed by atoms with van der Waals surface area (Å²) in [7, 11) is 2.07. The second kappa shape index (κ2) is 2.58. The van der Waals surface area contributed by atoms with Gasteiger partial charge in [0.2, 0.25) is 5.52 Å². The van der Waals surface area contributed by atoms with Gasteiger partial charge in [0.25, 0.3) is 0 Å². The zero-order valence-corrected chi connectivity index (χ0v) is 7.99. The van der Waals surface area contributed by atoms with Crippen LogP contribution in [0.1, 0.15) is 0 Å². The van der Waals surface area contributed by atoms with Crippen LogP contribution >= 0.6 is 0 Å². The van der Waals surface area contributed by atoms with Crippen molar-refractivity contribution in [1.82, 2.24) is 4.98 Å². The number of aromatic amines is 1. The van der Waals surface area contributed by atoms with Crippen molar-refractivity contribution in [1.29, 1.82) is 0 Å². The van der Waals surface area contributed by atoms with Gasteiger partial charge in [-0.2, -0.15) is 0 Å². The molecule has 3 rings (SSSR count). The molecule has 0 saturated heterocycles. The number of hydrogen-bond acceptors (Lipinski definition) is 0. The van der Waals surface area contributed by atoms with Gasteiger partial charge in [-0.1, -0.05) is 0 Å². The number of rotatable bonds is 0. The van der Waals surface area contributed by atoms with Crippen LogP contribution in [-0.4, -0.2) is 4.98 Å². The molecule has 2 heteroatoms. The van der Waals surface area contributed by atoms with E-state index >= 15 is 0 Å². The maximum atomic E-state index is 3.22. The smallest absolute Gasteiger partial charge is 0.213 e. The first-order valence-corrected chi connectivity index (χ1v) is 4.71. The molecule has 1 aromatic carbocycles. The molecule has 2 nitrogen and oxygen atoms in total. The summed E-state index contributed by atoms with van der Waals surface area (Å²) in [5.74, 6) is 0. The van der Waals surface area contributed by atoms with Gasteiger partial charge in [0.15, 0.2) is 6.20 Å². The van der Waals surface area contributed by atoms with Crippen LogP contribution in [0.4, 0.5) is 0 Å². The van der Waals surface area contributed by atoms with Crippen LogP contribution in [0.2, 0.25) is 0 Å². The monoisotopic (exact) mass is 183 g/mol. The minimum atomic E-state index is 1.20. The van der Waals surface area contributed by atoms with E-state index in [1.807, 2.05) is 6.20 Å². The molecule has 68 valence electrons. The average Bonchev–Trinajstić information content (AvgIpc) is 2.66. The first-order chi connectivity index (χ1) is 6.86. The number of nitrogens with zero attached hydrogens (tertiary/aromatic N) is 1. The highest BCUT2D eigenvalue weighted by atomic mass is 14.9. The topological polar surface area (TPSA) is 19.7 Å². The van der Waals surface area contributed by atoms with Crippen LogP contribution < -0.4 is 4.57 Å². The van der Waals surface area contributed by atoms with Crippen LogP contribution in [0.15, 0.2) is 42.7 Å². The van der Waals surface area contributed by atoms with Gasteiger partial charge in [-0.25, -0.2) is 4.57 Å². The second-order valence-corrected chi connectivity index (χ2v) is 3.56. The molecular weight excluding hydrogens is 172 g/mol. The predicted octanol–water partition coefficient (Wildman–Crippen LogP) is 2.15. The Labute approximate surface area is 81.8 Å². The molecule has 3 aromatic rings. The molecule has 0 unspecified atom stereocenters. The summed E-state index contributed by atoms with van der Waals surface area (Å²) in [6.45, 7) is 0. The minimum Gasteiger partial charge on any atom is -0.361 e. The Hall–Kier alpha value is -1.83. The lowest BCUT2D eigenvalue weighted by molar-refractivity contribution is -0.644. The lowest BCUT2D eigenvalue weighted by Gasteiger charge is -1.97. The SMILES string of the molecule is C[n+]1cccc2c3cc[nH]c3ccc21. The van der Waals surface area contributed by atoms with E-state index in [0.717, 1.165) is 0 Å². The fraction of sp³-hybridized carbons (Fsp3) is 0.0833. The van der Waals surface area contributed by atoms with Gasteiger partial charge in [-0.05, 0) is 18.2 Å². The Morgan fingerprint density at radius 2 is 2.00 bits per heavy atom. The number of nitrogens with one attached hydrogen (secondary N) is 1. The van der Waals surface area contributed by atoms with E-state index < -0.39 is 0 Å². The molecule has 0 radical (unpaired) electrons. The third-order valence-corrected chi connectivity index (χ3v) is 2.71. The number of hydrogen-bond donors (Lipinski definition) is 1. The second-order valence-electron chi connectivity index (χ2n) is 3.56. The number of pyridine rings is 1. The number of benzene rings is 1. The Morgan fingerprint density at radius 1 is 1.07 bits per heavy atom. The molecule has 0 saturated carbocycles. The van der Waals surface area contributed by atoms with Crippen molar-refractivity contribution in [3.63, 3.8) is 0 Å². The van der Waals surface area contributed by atoms with Gasteiger partial charge in [-0.15, -0.1) is 0 Å². The average molecular weight is 183 g/mol. The van der Waals surface area contributed by atoms with E-state index in [9.17, 15) is 0 Å². The minimum absolute atomic E-state index is 1.20. The summed E-state index contributed by atoms with van der Waals surface area (Å²) in [5.41, 5.74) is 2.46. The van der Waals surface area contributed by atoms with E-state index in [4.69, 9.17) is 0 Å². The molecule has 2 aromatic heterocycles. The summed E-state index contributed by atoms with van der Waals surface area (Å²) in [6, 6.07) is 10.6. The van der Waals surface area contributed by atoms with Crippen molar-refractivity contribution >= 4 is 21.8 Å². The van der Waals surface area contributed by atoms with Crippen LogP contribution in [0.25, 0.3) is 21.8 Å². The summed E-state index contributed by atoms with van der Waals surface area (Å²) in [5, 5.41) is 2.59.